The van der Waals surface area contributed by atoms with E-state index in [1.807, 2.05) is 0 Å². The van der Waals surface area contributed by atoms with E-state index in [2.05, 4.69) is 0 Å². The molecule has 0 spiro atoms. The summed E-state index contributed by atoms with van der Waals surface area (Å²) in [6.07, 6.45) is -3.38. The molecule has 0 aliphatic rings. The molecule has 1 amide bonds. The molecule has 1 unspecified atom stereocenters. The maximum Gasteiger partial charge on any atom is 0.416 e. The number of halogens is 3. The van der Waals surface area contributed by atoms with Gasteiger partial charge in [-0.2, -0.15) is 13.2 Å². The molecule has 3 nitrogen and oxygen atoms in total. The summed E-state index contributed by atoms with van der Waals surface area (Å²) in [5.41, 5.74) is 3.55. The van der Waals surface area contributed by atoms with Gasteiger partial charge in [0.15, 0.2) is 0 Å². The van der Waals surface area contributed by atoms with Gasteiger partial charge in [-0.15, -0.1) is 0 Å². The predicted octanol–water partition coefficient (Wildman–Crippen LogP) is 1.54. The third-order valence-electron chi connectivity index (χ3n) is 1.85. The second-order valence-corrected chi connectivity index (χ2v) is 4.44. The highest BCUT2D eigenvalue weighted by Crippen LogP contribution is 2.31. The van der Waals surface area contributed by atoms with Crippen molar-refractivity contribution in [3.05, 3.63) is 29.3 Å². The normalized spacial score (nSPS) is 13.5. The minimum absolute atomic E-state index is 0.0800. The summed E-state index contributed by atoms with van der Waals surface area (Å²) in [5, 5.41) is 0. The van der Waals surface area contributed by atoms with Crippen LogP contribution in [0.25, 0.3) is 0 Å². The SMILES string of the molecule is CS(=O)c1cc(C(N)=O)cc(C(F)(F)F)c1. The summed E-state index contributed by atoms with van der Waals surface area (Å²) >= 11 is 0. The maximum absolute atomic E-state index is 12.4. The summed E-state index contributed by atoms with van der Waals surface area (Å²) in [6.45, 7) is 0. The summed E-state index contributed by atoms with van der Waals surface area (Å²) in [4.78, 5) is 10.7. The number of nitrogens with two attached hydrogens (primary N) is 1. The molecule has 88 valence electrons. The van der Waals surface area contributed by atoms with Gasteiger partial charge in [0.25, 0.3) is 0 Å². The first-order valence-corrected chi connectivity index (χ1v) is 5.63. The minimum atomic E-state index is -4.60. The summed E-state index contributed by atoms with van der Waals surface area (Å²) in [6, 6.07) is 2.47. The van der Waals surface area contributed by atoms with E-state index < -0.39 is 28.4 Å². The van der Waals surface area contributed by atoms with E-state index in [1.54, 1.807) is 0 Å². The van der Waals surface area contributed by atoms with Crippen LogP contribution in [0.5, 0.6) is 0 Å². The Morgan fingerprint density at radius 1 is 1.31 bits per heavy atom. The summed E-state index contributed by atoms with van der Waals surface area (Å²) in [5.74, 6) is -0.988. The molecular formula is C9H8F3NO2S. The molecule has 0 saturated heterocycles. The van der Waals surface area contributed by atoms with Crippen molar-refractivity contribution in [1.82, 2.24) is 0 Å². The van der Waals surface area contributed by atoms with Gasteiger partial charge in [-0.25, -0.2) is 0 Å². The maximum atomic E-state index is 12.4. The molecular weight excluding hydrogens is 243 g/mol. The smallest absolute Gasteiger partial charge is 0.366 e. The monoisotopic (exact) mass is 251 g/mol. The zero-order chi connectivity index (χ0) is 12.5. The molecule has 0 saturated carbocycles. The molecule has 0 aromatic heterocycles. The largest absolute Gasteiger partial charge is 0.416 e. The number of carbonyl (C=O) groups excluding carboxylic acids is 1. The molecule has 1 aromatic carbocycles. The summed E-state index contributed by atoms with van der Waals surface area (Å²) in [7, 11) is -1.61. The van der Waals surface area contributed by atoms with Crippen molar-refractivity contribution in [3.63, 3.8) is 0 Å². The van der Waals surface area contributed by atoms with Crippen LogP contribution >= 0.6 is 0 Å². The van der Waals surface area contributed by atoms with Crippen molar-refractivity contribution in [2.24, 2.45) is 5.73 Å². The first kappa shape index (κ1) is 12.7. The van der Waals surface area contributed by atoms with Gasteiger partial charge in [-0.3, -0.25) is 9.00 Å². The second-order valence-electron chi connectivity index (χ2n) is 3.06. The fourth-order valence-corrected chi connectivity index (χ4v) is 1.66. The van der Waals surface area contributed by atoms with Crippen LogP contribution in [-0.4, -0.2) is 16.4 Å². The Morgan fingerprint density at radius 2 is 1.88 bits per heavy atom. The van der Waals surface area contributed by atoms with Crippen molar-refractivity contribution < 1.29 is 22.2 Å². The average molecular weight is 251 g/mol. The van der Waals surface area contributed by atoms with Crippen molar-refractivity contribution in [2.45, 2.75) is 11.1 Å². The molecule has 0 radical (unpaired) electrons. The third-order valence-corrected chi connectivity index (χ3v) is 2.75. The van der Waals surface area contributed by atoms with Crippen LogP contribution in [-0.2, 0) is 17.0 Å². The van der Waals surface area contributed by atoms with E-state index in [1.165, 1.54) is 6.26 Å². The Morgan fingerprint density at radius 3 is 2.25 bits per heavy atom. The van der Waals surface area contributed by atoms with Crippen LogP contribution in [0.2, 0.25) is 0 Å². The topological polar surface area (TPSA) is 60.2 Å². The number of hydrogen-bond donors (Lipinski definition) is 1. The van der Waals surface area contributed by atoms with Crippen LogP contribution in [0.1, 0.15) is 15.9 Å². The van der Waals surface area contributed by atoms with Crippen LogP contribution in [0.4, 0.5) is 13.2 Å². The van der Waals surface area contributed by atoms with Gasteiger partial charge in [0.1, 0.15) is 0 Å². The highest BCUT2D eigenvalue weighted by Gasteiger charge is 2.31. The Kier molecular flexibility index (Phi) is 3.37. The summed E-state index contributed by atoms with van der Waals surface area (Å²) < 4.78 is 48.4. The van der Waals surface area contributed by atoms with Crippen LogP contribution in [0, 0.1) is 0 Å². The lowest BCUT2D eigenvalue weighted by Gasteiger charge is -2.09. The van der Waals surface area contributed by atoms with E-state index in [4.69, 9.17) is 5.73 Å². The van der Waals surface area contributed by atoms with Gasteiger partial charge in [0.2, 0.25) is 5.91 Å². The van der Waals surface area contributed by atoms with Gasteiger partial charge >= 0.3 is 6.18 Å². The quantitative estimate of drug-likeness (QED) is 0.866. The van der Waals surface area contributed by atoms with Crippen molar-refractivity contribution in [2.75, 3.05) is 6.26 Å². The van der Waals surface area contributed by atoms with Crippen LogP contribution in [0.15, 0.2) is 23.1 Å². The molecule has 16 heavy (non-hydrogen) atoms. The number of primary amides is 1. The predicted molar refractivity (Wildman–Crippen MR) is 52.3 cm³/mol. The minimum Gasteiger partial charge on any atom is -0.366 e. The van der Waals surface area contributed by atoms with E-state index in [9.17, 15) is 22.2 Å². The van der Waals surface area contributed by atoms with E-state index in [-0.39, 0.29) is 10.5 Å². The average Bonchev–Trinajstić information content (AvgIpc) is 2.15. The number of carbonyl (C=O) groups is 1. The zero-order valence-corrected chi connectivity index (χ0v) is 8.98. The fraction of sp³-hybridized carbons (Fsp3) is 0.222. The van der Waals surface area contributed by atoms with E-state index >= 15 is 0 Å². The van der Waals surface area contributed by atoms with E-state index in [0.717, 1.165) is 12.1 Å². The van der Waals surface area contributed by atoms with Crippen LogP contribution in [0.3, 0.4) is 0 Å². The van der Waals surface area contributed by atoms with Crippen molar-refractivity contribution in [3.8, 4) is 0 Å². The van der Waals surface area contributed by atoms with Gasteiger partial charge in [0, 0.05) is 27.5 Å². The Balaban J connectivity index is 3.42. The van der Waals surface area contributed by atoms with Crippen molar-refractivity contribution >= 4 is 16.7 Å². The number of rotatable bonds is 2. The lowest BCUT2D eigenvalue weighted by molar-refractivity contribution is -0.137. The molecule has 7 heteroatoms. The standard InChI is InChI=1S/C9H8F3NO2S/c1-16(15)7-3-5(8(13)14)2-6(4-7)9(10,11)12/h2-4H,1H3,(H2,13,14). The van der Waals surface area contributed by atoms with Gasteiger partial charge in [-0.1, -0.05) is 0 Å². The van der Waals surface area contributed by atoms with E-state index in [0.29, 0.717) is 6.07 Å². The molecule has 0 aliphatic heterocycles. The van der Waals surface area contributed by atoms with Gasteiger partial charge < -0.3 is 5.73 Å². The van der Waals surface area contributed by atoms with Gasteiger partial charge in [0.05, 0.1) is 5.56 Å². The first-order valence-electron chi connectivity index (χ1n) is 4.07. The van der Waals surface area contributed by atoms with Crippen molar-refractivity contribution in [1.29, 1.82) is 0 Å². The fourth-order valence-electron chi connectivity index (χ4n) is 1.07. The highest BCUT2D eigenvalue weighted by molar-refractivity contribution is 7.84. The molecule has 1 aromatic rings. The number of alkyl halides is 3. The Hall–Kier alpha value is -1.37. The molecule has 0 aliphatic carbocycles. The lowest BCUT2D eigenvalue weighted by atomic mass is 10.1. The Labute approximate surface area is 91.9 Å². The highest BCUT2D eigenvalue weighted by atomic mass is 32.2. The molecule has 1 rings (SSSR count). The second kappa shape index (κ2) is 4.25. The number of hydrogen-bond acceptors (Lipinski definition) is 2. The molecule has 0 fully saturated rings. The lowest BCUT2D eigenvalue weighted by Crippen LogP contribution is -2.14. The van der Waals surface area contributed by atoms with Gasteiger partial charge in [-0.05, 0) is 18.2 Å². The van der Waals surface area contributed by atoms with Crippen LogP contribution < -0.4 is 5.73 Å². The molecule has 2 N–H and O–H groups in total. The number of amides is 1. The number of benzene rings is 1. The molecule has 0 bridgehead atoms. The third kappa shape index (κ3) is 2.82. The molecule has 1 atom stereocenters. The Bertz CT molecular complexity index is 424. The first-order chi connectivity index (χ1) is 7.21. The molecule has 0 heterocycles. The zero-order valence-electron chi connectivity index (χ0n) is 8.17.